The fraction of sp³-hybridized carbons (Fsp3) is 0.923. The van der Waals surface area contributed by atoms with Crippen LogP contribution in [0.5, 0.6) is 0 Å². The van der Waals surface area contributed by atoms with Crippen LogP contribution >= 0.6 is 24.8 Å². The molecule has 1 aliphatic heterocycles. The van der Waals surface area contributed by atoms with Crippen LogP contribution in [0.3, 0.4) is 0 Å². The molecule has 0 aromatic rings. The average molecular weight is 312 g/mol. The quantitative estimate of drug-likeness (QED) is 0.833. The maximum atomic E-state index is 12.3. The lowest BCUT2D eigenvalue weighted by Gasteiger charge is -2.30. The summed E-state index contributed by atoms with van der Waals surface area (Å²) < 4.78 is 0. The molecule has 1 heterocycles. The first kappa shape index (κ1) is 19.0. The molecule has 2 fully saturated rings. The largest absolute Gasteiger partial charge is 0.338 e. The zero-order valence-corrected chi connectivity index (χ0v) is 13.6. The van der Waals surface area contributed by atoms with Crippen molar-refractivity contribution in [3.63, 3.8) is 0 Å². The number of nitrogens with zero attached hydrogens (tertiary/aromatic N) is 2. The first-order valence-corrected chi connectivity index (χ1v) is 6.89. The number of rotatable bonds is 5. The Balaban J connectivity index is 0.00000162. The van der Waals surface area contributed by atoms with Crippen LogP contribution in [0.1, 0.15) is 26.7 Å². The Hall–Kier alpha value is -0.0300. The molecule has 1 amide bonds. The molecule has 0 aromatic carbocycles. The highest BCUT2D eigenvalue weighted by Gasteiger charge is 2.33. The van der Waals surface area contributed by atoms with Gasteiger partial charge in [-0.05, 0) is 18.8 Å². The zero-order chi connectivity index (χ0) is 12.3. The van der Waals surface area contributed by atoms with E-state index < -0.39 is 0 Å². The standard InChI is InChI=1S/C13H25N3O.2ClH/c1-11(2)9-16(12-3-4-12)13(17)10-15-7-5-14-6-8-15;;/h11-12,14H,3-10H2,1-2H3;2*1H. The SMILES string of the molecule is CC(C)CN(C(=O)CN1CCNCC1)C1CC1.Cl.Cl. The molecule has 0 radical (unpaired) electrons. The molecule has 6 heteroatoms. The van der Waals surface area contributed by atoms with Crippen molar-refractivity contribution in [1.29, 1.82) is 0 Å². The molecule has 4 nitrogen and oxygen atoms in total. The Bertz CT molecular complexity index is 267. The maximum Gasteiger partial charge on any atom is 0.237 e. The highest BCUT2D eigenvalue weighted by atomic mass is 35.5. The van der Waals surface area contributed by atoms with Crippen LogP contribution in [-0.2, 0) is 4.79 Å². The summed E-state index contributed by atoms with van der Waals surface area (Å²) >= 11 is 0. The average Bonchev–Trinajstić information content (AvgIpc) is 3.10. The Labute approximate surface area is 129 Å². The molecular formula is C13H27Cl2N3O. The second-order valence-electron chi connectivity index (χ2n) is 5.70. The van der Waals surface area contributed by atoms with E-state index in [9.17, 15) is 4.79 Å². The van der Waals surface area contributed by atoms with Gasteiger partial charge in [-0.25, -0.2) is 0 Å². The topological polar surface area (TPSA) is 35.6 Å². The maximum absolute atomic E-state index is 12.3. The van der Waals surface area contributed by atoms with Crippen LogP contribution in [0.15, 0.2) is 0 Å². The van der Waals surface area contributed by atoms with Gasteiger partial charge in [0.05, 0.1) is 6.54 Å². The van der Waals surface area contributed by atoms with Crippen molar-refractivity contribution >= 4 is 30.7 Å². The summed E-state index contributed by atoms with van der Waals surface area (Å²) in [6, 6.07) is 0.549. The second kappa shape index (κ2) is 9.01. The van der Waals surface area contributed by atoms with Crippen LogP contribution in [0.25, 0.3) is 0 Å². The molecule has 0 bridgehead atoms. The van der Waals surface area contributed by atoms with E-state index in [0.717, 1.165) is 32.7 Å². The monoisotopic (exact) mass is 311 g/mol. The number of hydrogen-bond donors (Lipinski definition) is 1. The van der Waals surface area contributed by atoms with E-state index >= 15 is 0 Å². The minimum absolute atomic E-state index is 0. The summed E-state index contributed by atoms with van der Waals surface area (Å²) in [5.41, 5.74) is 0. The van der Waals surface area contributed by atoms with Crippen molar-refractivity contribution in [1.82, 2.24) is 15.1 Å². The third-order valence-electron chi connectivity index (χ3n) is 3.44. The molecule has 0 atom stereocenters. The molecule has 114 valence electrons. The van der Waals surface area contributed by atoms with Gasteiger partial charge in [-0.2, -0.15) is 0 Å². The predicted molar refractivity (Wildman–Crippen MR) is 83.4 cm³/mol. The highest BCUT2D eigenvalue weighted by Crippen LogP contribution is 2.27. The summed E-state index contributed by atoms with van der Waals surface area (Å²) in [4.78, 5) is 16.7. The van der Waals surface area contributed by atoms with Crippen molar-refractivity contribution in [3.05, 3.63) is 0 Å². The highest BCUT2D eigenvalue weighted by molar-refractivity contribution is 5.85. The van der Waals surface area contributed by atoms with E-state index in [1.165, 1.54) is 12.8 Å². The summed E-state index contributed by atoms with van der Waals surface area (Å²) in [5.74, 6) is 0.908. The van der Waals surface area contributed by atoms with E-state index in [1.54, 1.807) is 0 Å². The fourth-order valence-electron chi connectivity index (χ4n) is 2.39. The number of carbonyl (C=O) groups excluding carboxylic acids is 1. The third kappa shape index (κ3) is 6.30. The van der Waals surface area contributed by atoms with Crippen LogP contribution in [0.4, 0.5) is 0 Å². The minimum atomic E-state index is 0. The molecule has 1 N–H and O–H groups in total. The van der Waals surface area contributed by atoms with E-state index in [-0.39, 0.29) is 24.8 Å². The summed E-state index contributed by atoms with van der Waals surface area (Å²) in [5, 5.41) is 3.32. The molecule has 19 heavy (non-hydrogen) atoms. The summed E-state index contributed by atoms with van der Waals surface area (Å²) in [7, 11) is 0. The van der Waals surface area contributed by atoms with Crippen molar-refractivity contribution in [3.8, 4) is 0 Å². The van der Waals surface area contributed by atoms with Gasteiger partial charge in [0.2, 0.25) is 5.91 Å². The molecular weight excluding hydrogens is 285 g/mol. The van der Waals surface area contributed by atoms with Gasteiger partial charge >= 0.3 is 0 Å². The normalized spacial score (nSPS) is 19.5. The smallest absolute Gasteiger partial charge is 0.237 e. The molecule has 1 saturated heterocycles. The molecule has 1 aliphatic carbocycles. The van der Waals surface area contributed by atoms with Crippen molar-refractivity contribution in [2.24, 2.45) is 5.92 Å². The van der Waals surface area contributed by atoms with E-state index in [0.29, 0.717) is 24.4 Å². The lowest BCUT2D eigenvalue weighted by Crippen LogP contribution is -2.49. The number of piperazine rings is 1. The zero-order valence-electron chi connectivity index (χ0n) is 11.9. The van der Waals surface area contributed by atoms with Gasteiger partial charge in [-0.15, -0.1) is 24.8 Å². The number of carbonyl (C=O) groups is 1. The Kier molecular flexibility index (Phi) is 8.99. The van der Waals surface area contributed by atoms with Gasteiger partial charge in [0, 0.05) is 38.8 Å². The number of halogens is 2. The first-order valence-electron chi connectivity index (χ1n) is 6.89. The first-order chi connectivity index (χ1) is 8.16. The second-order valence-corrected chi connectivity index (χ2v) is 5.70. The molecule has 0 unspecified atom stereocenters. The van der Waals surface area contributed by atoms with Crippen molar-refractivity contribution in [2.45, 2.75) is 32.7 Å². The van der Waals surface area contributed by atoms with E-state index in [4.69, 9.17) is 0 Å². The summed E-state index contributed by atoms with van der Waals surface area (Å²) in [6.07, 6.45) is 2.42. The lowest BCUT2D eigenvalue weighted by atomic mass is 10.2. The molecule has 0 aromatic heterocycles. The van der Waals surface area contributed by atoms with E-state index in [2.05, 4.69) is 29.0 Å². The van der Waals surface area contributed by atoms with Gasteiger partial charge in [0.25, 0.3) is 0 Å². The van der Waals surface area contributed by atoms with Crippen LogP contribution in [0, 0.1) is 5.92 Å². The molecule has 2 aliphatic rings. The Morgan fingerprint density at radius 3 is 2.32 bits per heavy atom. The fourth-order valence-corrected chi connectivity index (χ4v) is 2.39. The van der Waals surface area contributed by atoms with Gasteiger partial charge in [-0.1, -0.05) is 13.8 Å². The Morgan fingerprint density at radius 2 is 1.84 bits per heavy atom. The van der Waals surface area contributed by atoms with Crippen LogP contribution in [-0.4, -0.2) is 61.0 Å². The van der Waals surface area contributed by atoms with Gasteiger partial charge in [0.1, 0.15) is 0 Å². The Morgan fingerprint density at radius 1 is 1.26 bits per heavy atom. The number of hydrogen-bond acceptors (Lipinski definition) is 3. The molecule has 1 saturated carbocycles. The van der Waals surface area contributed by atoms with E-state index in [1.807, 2.05) is 0 Å². The van der Waals surface area contributed by atoms with Crippen molar-refractivity contribution in [2.75, 3.05) is 39.3 Å². The lowest BCUT2D eigenvalue weighted by molar-refractivity contribution is -0.133. The minimum Gasteiger partial charge on any atom is -0.338 e. The number of nitrogens with one attached hydrogen (secondary N) is 1. The molecule has 0 spiro atoms. The van der Waals surface area contributed by atoms with Crippen molar-refractivity contribution < 1.29 is 4.79 Å². The summed E-state index contributed by atoms with van der Waals surface area (Å²) in [6.45, 7) is 9.96. The molecule has 2 rings (SSSR count). The van der Waals surface area contributed by atoms with Gasteiger partial charge in [0.15, 0.2) is 0 Å². The van der Waals surface area contributed by atoms with Gasteiger partial charge < -0.3 is 10.2 Å². The van der Waals surface area contributed by atoms with Crippen LogP contribution in [0.2, 0.25) is 0 Å². The van der Waals surface area contributed by atoms with Crippen LogP contribution < -0.4 is 5.32 Å². The third-order valence-corrected chi connectivity index (χ3v) is 3.44. The number of amides is 1. The van der Waals surface area contributed by atoms with Gasteiger partial charge in [-0.3, -0.25) is 9.69 Å². The predicted octanol–water partition coefficient (Wildman–Crippen LogP) is 1.38.